The first-order valence-corrected chi connectivity index (χ1v) is 7.94. The standard InChI is InChI=1S/C16H19ClFNOS/c1-16(2,3)19-9-11-5-4-6-13(18)15(11)20-10-12-7-8-14(17)21-12/h4-8,19H,9-10H2,1-3H3. The molecule has 0 unspecified atom stereocenters. The van der Waals surface area contributed by atoms with Crippen LogP contribution >= 0.6 is 22.9 Å². The molecular weight excluding hydrogens is 309 g/mol. The number of hydrogen-bond donors (Lipinski definition) is 1. The Morgan fingerprint density at radius 3 is 2.62 bits per heavy atom. The van der Waals surface area contributed by atoms with E-state index in [1.165, 1.54) is 17.4 Å². The van der Waals surface area contributed by atoms with Crippen LogP contribution in [-0.2, 0) is 13.2 Å². The molecular formula is C16H19ClFNOS. The molecule has 2 nitrogen and oxygen atoms in total. The highest BCUT2D eigenvalue weighted by atomic mass is 35.5. The van der Waals surface area contributed by atoms with Crippen LogP contribution in [0.25, 0.3) is 0 Å². The molecule has 21 heavy (non-hydrogen) atoms. The molecule has 0 aliphatic heterocycles. The molecule has 0 atom stereocenters. The first-order valence-electron chi connectivity index (χ1n) is 6.74. The summed E-state index contributed by atoms with van der Waals surface area (Å²) in [6.45, 7) is 7.09. The highest BCUT2D eigenvalue weighted by molar-refractivity contribution is 7.16. The van der Waals surface area contributed by atoms with Gasteiger partial charge in [-0.05, 0) is 39.0 Å². The van der Waals surface area contributed by atoms with Gasteiger partial charge in [-0.15, -0.1) is 11.3 Å². The third kappa shape index (κ3) is 4.99. The van der Waals surface area contributed by atoms with Gasteiger partial charge in [-0.3, -0.25) is 0 Å². The highest BCUT2D eigenvalue weighted by Crippen LogP contribution is 2.27. The van der Waals surface area contributed by atoms with Crippen LogP contribution in [0.4, 0.5) is 4.39 Å². The fourth-order valence-corrected chi connectivity index (χ4v) is 2.79. The van der Waals surface area contributed by atoms with E-state index in [0.29, 0.717) is 23.2 Å². The van der Waals surface area contributed by atoms with E-state index in [-0.39, 0.29) is 11.4 Å². The summed E-state index contributed by atoms with van der Waals surface area (Å²) in [7, 11) is 0. The van der Waals surface area contributed by atoms with E-state index < -0.39 is 0 Å². The number of nitrogens with one attached hydrogen (secondary N) is 1. The zero-order valence-electron chi connectivity index (χ0n) is 12.4. The molecule has 5 heteroatoms. The Morgan fingerprint density at radius 2 is 2.00 bits per heavy atom. The predicted octanol–water partition coefficient (Wildman–Crippen LogP) is 5.01. The van der Waals surface area contributed by atoms with Gasteiger partial charge in [0, 0.05) is 22.5 Å². The maximum absolute atomic E-state index is 14.0. The van der Waals surface area contributed by atoms with Crippen LogP contribution in [0.1, 0.15) is 31.2 Å². The molecule has 0 saturated heterocycles. The normalized spacial score (nSPS) is 11.7. The molecule has 0 fully saturated rings. The molecule has 0 bridgehead atoms. The van der Waals surface area contributed by atoms with Crippen molar-refractivity contribution in [2.75, 3.05) is 0 Å². The molecule has 1 heterocycles. The van der Waals surface area contributed by atoms with Gasteiger partial charge in [-0.25, -0.2) is 4.39 Å². The van der Waals surface area contributed by atoms with Gasteiger partial charge in [0.05, 0.1) is 4.34 Å². The molecule has 0 radical (unpaired) electrons. The number of benzene rings is 1. The van der Waals surface area contributed by atoms with E-state index >= 15 is 0 Å². The maximum atomic E-state index is 14.0. The summed E-state index contributed by atoms with van der Waals surface area (Å²) in [6.07, 6.45) is 0. The molecule has 1 N–H and O–H groups in total. The lowest BCUT2D eigenvalue weighted by Gasteiger charge is -2.21. The summed E-state index contributed by atoms with van der Waals surface area (Å²) < 4.78 is 20.4. The summed E-state index contributed by atoms with van der Waals surface area (Å²) in [6, 6.07) is 8.69. The van der Waals surface area contributed by atoms with Crippen LogP contribution in [-0.4, -0.2) is 5.54 Å². The molecule has 0 spiro atoms. The fourth-order valence-electron chi connectivity index (χ4n) is 1.79. The van der Waals surface area contributed by atoms with E-state index in [1.807, 2.05) is 18.2 Å². The first-order chi connectivity index (χ1) is 9.85. The Morgan fingerprint density at radius 1 is 1.24 bits per heavy atom. The molecule has 114 valence electrons. The summed E-state index contributed by atoms with van der Waals surface area (Å²) >= 11 is 7.32. The summed E-state index contributed by atoms with van der Waals surface area (Å²) in [5.41, 5.74) is 0.776. The topological polar surface area (TPSA) is 21.3 Å². The largest absolute Gasteiger partial charge is 0.485 e. The number of thiophene rings is 1. The molecule has 2 aromatic rings. The van der Waals surface area contributed by atoms with Crippen molar-refractivity contribution in [3.8, 4) is 5.75 Å². The maximum Gasteiger partial charge on any atom is 0.165 e. The number of ether oxygens (including phenoxy) is 1. The average Bonchev–Trinajstić information content (AvgIpc) is 2.80. The monoisotopic (exact) mass is 327 g/mol. The van der Waals surface area contributed by atoms with Crippen LogP contribution in [0.5, 0.6) is 5.75 Å². The van der Waals surface area contributed by atoms with Gasteiger partial charge in [-0.2, -0.15) is 0 Å². The minimum Gasteiger partial charge on any atom is -0.485 e. The molecule has 0 aliphatic rings. The smallest absolute Gasteiger partial charge is 0.165 e. The Kier molecular flexibility index (Phi) is 5.25. The van der Waals surface area contributed by atoms with Gasteiger partial charge < -0.3 is 10.1 Å². The molecule has 1 aromatic heterocycles. The van der Waals surface area contributed by atoms with Crippen molar-refractivity contribution in [3.63, 3.8) is 0 Å². The first kappa shape index (κ1) is 16.3. The second kappa shape index (κ2) is 6.77. The van der Waals surface area contributed by atoms with Crippen molar-refractivity contribution in [3.05, 3.63) is 50.9 Å². The zero-order valence-corrected chi connectivity index (χ0v) is 13.9. The third-order valence-electron chi connectivity index (χ3n) is 2.85. The van der Waals surface area contributed by atoms with Gasteiger partial charge in [0.15, 0.2) is 11.6 Å². The quantitative estimate of drug-likeness (QED) is 0.833. The van der Waals surface area contributed by atoms with Gasteiger partial charge >= 0.3 is 0 Å². The predicted molar refractivity (Wildman–Crippen MR) is 86.7 cm³/mol. The van der Waals surface area contributed by atoms with Crippen molar-refractivity contribution in [1.82, 2.24) is 5.32 Å². The van der Waals surface area contributed by atoms with E-state index in [4.69, 9.17) is 16.3 Å². The van der Waals surface area contributed by atoms with Crippen molar-refractivity contribution in [2.24, 2.45) is 0 Å². The highest BCUT2D eigenvalue weighted by Gasteiger charge is 2.14. The zero-order chi connectivity index (χ0) is 15.5. The van der Waals surface area contributed by atoms with E-state index in [9.17, 15) is 4.39 Å². The van der Waals surface area contributed by atoms with E-state index in [1.54, 1.807) is 6.07 Å². The van der Waals surface area contributed by atoms with Gasteiger partial charge in [-0.1, -0.05) is 23.7 Å². The Hall–Kier alpha value is -1.10. The Bertz CT molecular complexity index is 607. The second-order valence-corrected chi connectivity index (χ2v) is 7.63. The summed E-state index contributed by atoms with van der Waals surface area (Å²) in [5.74, 6) is -0.0374. The summed E-state index contributed by atoms with van der Waals surface area (Å²) in [5, 5.41) is 3.34. The van der Waals surface area contributed by atoms with Crippen LogP contribution in [0.15, 0.2) is 30.3 Å². The lowest BCUT2D eigenvalue weighted by molar-refractivity contribution is 0.287. The molecule has 0 aliphatic carbocycles. The lowest BCUT2D eigenvalue weighted by Crippen LogP contribution is -2.35. The lowest BCUT2D eigenvalue weighted by atomic mass is 10.1. The van der Waals surface area contributed by atoms with Crippen LogP contribution in [0, 0.1) is 5.82 Å². The van der Waals surface area contributed by atoms with Crippen LogP contribution in [0.2, 0.25) is 4.34 Å². The number of rotatable bonds is 5. The number of para-hydroxylation sites is 1. The van der Waals surface area contributed by atoms with Crippen molar-refractivity contribution < 1.29 is 9.13 Å². The van der Waals surface area contributed by atoms with Gasteiger partial charge in [0.25, 0.3) is 0 Å². The second-order valence-electron chi connectivity index (χ2n) is 5.83. The van der Waals surface area contributed by atoms with Gasteiger partial charge in [0.2, 0.25) is 0 Å². The number of halogens is 2. The number of hydrogen-bond acceptors (Lipinski definition) is 3. The Labute approximate surface area is 133 Å². The van der Waals surface area contributed by atoms with Crippen LogP contribution in [0.3, 0.4) is 0 Å². The van der Waals surface area contributed by atoms with Crippen molar-refractivity contribution in [1.29, 1.82) is 0 Å². The van der Waals surface area contributed by atoms with Crippen molar-refractivity contribution >= 4 is 22.9 Å². The van der Waals surface area contributed by atoms with Gasteiger partial charge in [0.1, 0.15) is 6.61 Å². The average molecular weight is 328 g/mol. The van der Waals surface area contributed by atoms with Crippen LogP contribution < -0.4 is 10.1 Å². The van der Waals surface area contributed by atoms with E-state index in [0.717, 1.165) is 10.4 Å². The molecule has 1 aromatic carbocycles. The summed E-state index contributed by atoms with van der Waals surface area (Å²) in [4.78, 5) is 0.970. The molecule has 0 amide bonds. The fraction of sp³-hybridized carbons (Fsp3) is 0.375. The molecule has 2 rings (SSSR count). The SMILES string of the molecule is CC(C)(C)NCc1cccc(F)c1OCc1ccc(Cl)s1. The molecule has 0 saturated carbocycles. The minimum atomic E-state index is -0.342. The Balaban J connectivity index is 2.10. The van der Waals surface area contributed by atoms with Crippen molar-refractivity contribution in [2.45, 2.75) is 39.5 Å². The third-order valence-corrected chi connectivity index (χ3v) is 4.05. The minimum absolute atomic E-state index is 0.0368. The van der Waals surface area contributed by atoms with E-state index in [2.05, 4.69) is 26.1 Å².